The van der Waals surface area contributed by atoms with E-state index in [-0.39, 0.29) is 24.7 Å². The molecule has 2 rings (SSSR count). The molecule has 1 heterocycles. The number of rotatable bonds is 6. The van der Waals surface area contributed by atoms with Gasteiger partial charge in [0.2, 0.25) is 5.91 Å². The molecule has 0 aliphatic heterocycles. The molecule has 0 saturated carbocycles. The van der Waals surface area contributed by atoms with Gasteiger partial charge in [-0.2, -0.15) is 0 Å². The summed E-state index contributed by atoms with van der Waals surface area (Å²) < 4.78 is 4.47. The largest absolute Gasteiger partial charge is 0.469 e. The first kappa shape index (κ1) is 14.0. The number of hydrogen-bond donors (Lipinski definition) is 2. The molecule has 0 atom stereocenters. The molecule has 0 radical (unpaired) electrons. The molecule has 2 N–H and O–H groups in total. The number of fused-ring (bicyclic) bond motifs is 1. The first-order chi connectivity index (χ1) is 9.69. The molecule has 2 aromatic rings. The molecule has 20 heavy (non-hydrogen) atoms. The van der Waals surface area contributed by atoms with Crippen LogP contribution in [-0.2, 0) is 20.7 Å². The van der Waals surface area contributed by atoms with Gasteiger partial charge >= 0.3 is 5.97 Å². The van der Waals surface area contributed by atoms with Crippen molar-refractivity contribution in [3.05, 3.63) is 30.1 Å². The van der Waals surface area contributed by atoms with Crippen LogP contribution in [0.25, 0.3) is 11.0 Å². The van der Waals surface area contributed by atoms with Gasteiger partial charge in [-0.25, -0.2) is 4.98 Å². The van der Waals surface area contributed by atoms with Gasteiger partial charge in [0.05, 0.1) is 24.6 Å². The Bertz CT molecular complexity index is 573. The van der Waals surface area contributed by atoms with Gasteiger partial charge < -0.3 is 15.0 Å². The summed E-state index contributed by atoms with van der Waals surface area (Å²) in [6, 6.07) is 7.77. The van der Waals surface area contributed by atoms with Gasteiger partial charge in [-0.3, -0.25) is 9.59 Å². The summed E-state index contributed by atoms with van der Waals surface area (Å²) >= 11 is 0. The highest BCUT2D eigenvalue weighted by Gasteiger charge is 2.07. The summed E-state index contributed by atoms with van der Waals surface area (Å²) in [5, 5.41) is 2.75. The number of hydrogen-bond acceptors (Lipinski definition) is 4. The summed E-state index contributed by atoms with van der Waals surface area (Å²) in [7, 11) is 1.31. The molecule has 6 nitrogen and oxygen atoms in total. The molecule has 1 aromatic carbocycles. The minimum atomic E-state index is -0.377. The number of carbonyl (C=O) groups is 2. The number of para-hydroxylation sites is 2. The summed E-state index contributed by atoms with van der Waals surface area (Å²) in [6.07, 6.45) is 0.873. The maximum atomic E-state index is 11.5. The maximum Gasteiger partial charge on any atom is 0.306 e. The zero-order valence-corrected chi connectivity index (χ0v) is 11.3. The smallest absolute Gasteiger partial charge is 0.306 e. The summed E-state index contributed by atoms with van der Waals surface area (Å²) in [4.78, 5) is 30.0. The van der Waals surface area contributed by atoms with Gasteiger partial charge in [0.15, 0.2) is 0 Å². The number of amides is 1. The van der Waals surface area contributed by atoms with E-state index in [0.29, 0.717) is 13.0 Å². The Morgan fingerprint density at radius 3 is 2.85 bits per heavy atom. The third kappa shape index (κ3) is 3.81. The Kier molecular flexibility index (Phi) is 4.70. The Balaban J connectivity index is 1.75. The molecule has 0 aliphatic carbocycles. The molecule has 6 heteroatoms. The summed E-state index contributed by atoms with van der Waals surface area (Å²) in [5.74, 6) is 0.295. The molecule has 0 fully saturated rings. The van der Waals surface area contributed by atoms with Crippen molar-refractivity contribution in [2.24, 2.45) is 0 Å². The number of nitrogens with zero attached hydrogens (tertiary/aromatic N) is 1. The van der Waals surface area contributed by atoms with Crippen molar-refractivity contribution in [1.82, 2.24) is 15.3 Å². The Hall–Kier alpha value is -2.37. The van der Waals surface area contributed by atoms with E-state index >= 15 is 0 Å². The van der Waals surface area contributed by atoms with E-state index in [1.54, 1.807) is 0 Å². The molecule has 0 spiro atoms. The number of benzene rings is 1. The lowest BCUT2D eigenvalue weighted by Gasteiger charge is -2.03. The summed E-state index contributed by atoms with van der Waals surface area (Å²) in [5.41, 5.74) is 1.90. The van der Waals surface area contributed by atoms with E-state index < -0.39 is 0 Å². The first-order valence-electron chi connectivity index (χ1n) is 6.46. The predicted octanol–water partition coefficient (Wildman–Crippen LogP) is 1.17. The van der Waals surface area contributed by atoms with E-state index in [1.807, 2.05) is 24.3 Å². The topological polar surface area (TPSA) is 84.1 Å². The molecule has 0 aliphatic rings. The van der Waals surface area contributed by atoms with E-state index in [4.69, 9.17) is 0 Å². The molecule has 0 unspecified atom stereocenters. The normalized spacial score (nSPS) is 10.4. The Morgan fingerprint density at radius 1 is 1.30 bits per heavy atom. The van der Waals surface area contributed by atoms with Crippen molar-refractivity contribution < 1.29 is 14.3 Å². The molecular formula is C14H17N3O3. The number of imidazole rings is 1. The van der Waals surface area contributed by atoms with Crippen LogP contribution in [0.15, 0.2) is 24.3 Å². The number of aromatic amines is 1. The van der Waals surface area contributed by atoms with E-state index in [2.05, 4.69) is 20.0 Å². The van der Waals surface area contributed by atoms with Crippen LogP contribution >= 0.6 is 0 Å². The molecular weight excluding hydrogens is 258 g/mol. The lowest BCUT2D eigenvalue weighted by atomic mass is 10.3. The van der Waals surface area contributed by atoms with Crippen LogP contribution in [0.2, 0.25) is 0 Å². The fourth-order valence-electron chi connectivity index (χ4n) is 1.85. The van der Waals surface area contributed by atoms with Crippen molar-refractivity contribution >= 4 is 22.9 Å². The second kappa shape index (κ2) is 6.70. The number of H-pyrrole nitrogens is 1. The standard InChI is InChI=1S/C14H17N3O3/c1-20-14(19)7-6-13(18)15-9-8-12-16-10-4-2-3-5-11(10)17-12/h2-5H,6-9H2,1H3,(H,15,18)(H,16,17). The molecule has 1 amide bonds. The van der Waals surface area contributed by atoms with Crippen molar-refractivity contribution in [2.45, 2.75) is 19.3 Å². The van der Waals surface area contributed by atoms with Gasteiger partial charge in [-0.1, -0.05) is 12.1 Å². The lowest BCUT2D eigenvalue weighted by molar-refractivity contribution is -0.142. The highest BCUT2D eigenvalue weighted by Crippen LogP contribution is 2.10. The monoisotopic (exact) mass is 275 g/mol. The van der Waals surface area contributed by atoms with Crippen molar-refractivity contribution in [2.75, 3.05) is 13.7 Å². The van der Waals surface area contributed by atoms with Crippen molar-refractivity contribution in [1.29, 1.82) is 0 Å². The van der Waals surface area contributed by atoms with Crippen LogP contribution < -0.4 is 5.32 Å². The van der Waals surface area contributed by atoms with Gasteiger partial charge in [0.25, 0.3) is 0 Å². The minimum Gasteiger partial charge on any atom is -0.469 e. The average molecular weight is 275 g/mol. The maximum absolute atomic E-state index is 11.5. The molecule has 0 bridgehead atoms. The SMILES string of the molecule is COC(=O)CCC(=O)NCCc1nc2ccccc2[nH]1. The van der Waals surface area contributed by atoms with E-state index in [1.165, 1.54) is 7.11 Å². The quantitative estimate of drug-likeness (QED) is 0.775. The number of aromatic nitrogens is 2. The lowest BCUT2D eigenvalue weighted by Crippen LogP contribution is -2.26. The first-order valence-corrected chi connectivity index (χ1v) is 6.46. The third-order valence-electron chi connectivity index (χ3n) is 2.91. The molecule has 0 saturated heterocycles. The van der Waals surface area contributed by atoms with Gasteiger partial charge in [0, 0.05) is 19.4 Å². The van der Waals surface area contributed by atoms with Crippen LogP contribution in [-0.4, -0.2) is 35.5 Å². The van der Waals surface area contributed by atoms with Crippen LogP contribution in [0.1, 0.15) is 18.7 Å². The van der Waals surface area contributed by atoms with Crippen LogP contribution in [0.4, 0.5) is 0 Å². The van der Waals surface area contributed by atoms with Crippen LogP contribution in [0.3, 0.4) is 0 Å². The highest BCUT2D eigenvalue weighted by atomic mass is 16.5. The second-order valence-electron chi connectivity index (χ2n) is 4.38. The van der Waals surface area contributed by atoms with E-state index in [0.717, 1.165) is 16.9 Å². The van der Waals surface area contributed by atoms with Gasteiger partial charge in [-0.05, 0) is 12.1 Å². The highest BCUT2D eigenvalue weighted by molar-refractivity contribution is 5.81. The molecule has 106 valence electrons. The number of methoxy groups -OCH3 is 1. The van der Waals surface area contributed by atoms with Gasteiger partial charge in [0.1, 0.15) is 5.82 Å². The Morgan fingerprint density at radius 2 is 2.10 bits per heavy atom. The molecule has 1 aromatic heterocycles. The van der Waals surface area contributed by atoms with Crippen LogP contribution in [0.5, 0.6) is 0 Å². The van der Waals surface area contributed by atoms with Crippen LogP contribution in [0, 0.1) is 0 Å². The van der Waals surface area contributed by atoms with Crippen molar-refractivity contribution in [3.63, 3.8) is 0 Å². The predicted molar refractivity (Wildman–Crippen MR) is 74.1 cm³/mol. The number of carbonyl (C=O) groups excluding carboxylic acids is 2. The second-order valence-corrected chi connectivity index (χ2v) is 4.38. The van der Waals surface area contributed by atoms with Gasteiger partial charge in [-0.15, -0.1) is 0 Å². The Labute approximate surface area is 116 Å². The number of esters is 1. The zero-order valence-electron chi connectivity index (χ0n) is 11.3. The fraction of sp³-hybridized carbons (Fsp3) is 0.357. The average Bonchev–Trinajstić information content (AvgIpc) is 2.87. The fourth-order valence-corrected chi connectivity index (χ4v) is 1.85. The van der Waals surface area contributed by atoms with Crippen molar-refractivity contribution in [3.8, 4) is 0 Å². The number of ether oxygens (including phenoxy) is 1. The summed E-state index contributed by atoms with van der Waals surface area (Å²) in [6.45, 7) is 0.486. The number of nitrogens with one attached hydrogen (secondary N) is 2. The van der Waals surface area contributed by atoms with E-state index in [9.17, 15) is 9.59 Å². The zero-order chi connectivity index (χ0) is 14.4. The third-order valence-corrected chi connectivity index (χ3v) is 2.91. The minimum absolute atomic E-state index is 0.104.